The molecule has 0 atom stereocenters. The lowest BCUT2D eigenvalue weighted by Gasteiger charge is -2.27. The van der Waals surface area contributed by atoms with Crippen LogP contribution in [0.1, 0.15) is 41.6 Å². The largest absolute Gasteiger partial charge is 0.294 e. The minimum Gasteiger partial charge on any atom is -0.294 e. The standard InChI is InChI=1S/C14H16F2O/c1-10-4-2-3-5-12(10)13(17)11-6-8-14(15,16)9-7-11/h2-5,11H,6-9H2,1H3. The van der Waals surface area contributed by atoms with E-state index in [0.717, 1.165) is 5.56 Å². The Morgan fingerprint density at radius 2 is 1.82 bits per heavy atom. The third kappa shape index (κ3) is 2.71. The van der Waals surface area contributed by atoms with Crippen LogP contribution in [-0.4, -0.2) is 11.7 Å². The number of ketones is 1. The van der Waals surface area contributed by atoms with Crippen LogP contribution in [0.3, 0.4) is 0 Å². The van der Waals surface area contributed by atoms with Crippen molar-refractivity contribution >= 4 is 5.78 Å². The maximum absolute atomic E-state index is 13.0. The first-order valence-corrected chi connectivity index (χ1v) is 5.97. The molecule has 92 valence electrons. The van der Waals surface area contributed by atoms with E-state index in [-0.39, 0.29) is 24.5 Å². The van der Waals surface area contributed by atoms with Gasteiger partial charge in [-0.25, -0.2) is 8.78 Å². The highest BCUT2D eigenvalue weighted by atomic mass is 19.3. The number of carbonyl (C=O) groups is 1. The molecular weight excluding hydrogens is 222 g/mol. The lowest BCUT2D eigenvalue weighted by molar-refractivity contribution is -0.0424. The number of hydrogen-bond acceptors (Lipinski definition) is 1. The number of hydrogen-bond donors (Lipinski definition) is 0. The first-order valence-electron chi connectivity index (χ1n) is 5.97. The predicted octanol–water partition coefficient (Wildman–Crippen LogP) is 4.00. The van der Waals surface area contributed by atoms with E-state index < -0.39 is 5.92 Å². The van der Waals surface area contributed by atoms with E-state index in [2.05, 4.69) is 0 Å². The molecule has 1 aliphatic carbocycles. The number of rotatable bonds is 2. The second kappa shape index (κ2) is 4.55. The lowest BCUT2D eigenvalue weighted by atomic mass is 9.81. The van der Waals surface area contributed by atoms with Crippen molar-refractivity contribution in [3.05, 3.63) is 35.4 Å². The third-order valence-electron chi connectivity index (χ3n) is 3.50. The summed E-state index contributed by atoms with van der Waals surface area (Å²) in [6.45, 7) is 1.88. The lowest BCUT2D eigenvalue weighted by Crippen LogP contribution is -2.29. The summed E-state index contributed by atoms with van der Waals surface area (Å²) in [6.07, 6.45) is 0.297. The summed E-state index contributed by atoms with van der Waals surface area (Å²) >= 11 is 0. The smallest absolute Gasteiger partial charge is 0.248 e. The maximum Gasteiger partial charge on any atom is 0.248 e. The zero-order valence-electron chi connectivity index (χ0n) is 9.88. The van der Waals surface area contributed by atoms with Gasteiger partial charge < -0.3 is 0 Å². The molecule has 0 amide bonds. The molecule has 0 aromatic heterocycles. The molecule has 0 unspecified atom stereocenters. The molecule has 0 bridgehead atoms. The van der Waals surface area contributed by atoms with E-state index in [9.17, 15) is 13.6 Å². The quantitative estimate of drug-likeness (QED) is 0.712. The number of alkyl halides is 2. The molecule has 3 heteroatoms. The van der Waals surface area contributed by atoms with Crippen molar-refractivity contribution in [3.8, 4) is 0 Å². The van der Waals surface area contributed by atoms with Crippen LogP contribution in [0.4, 0.5) is 8.78 Å². The van der Waals surface area contributed by atoms with Crippen LogP contribution in [0.5, 0.6) is 0 Å². The van der Waals surface area contributed by atoms with Crippen LogP contribution in [0.25, 0.3) is 0 Å². The van der Waals surface area contributed by atoms with Crippen LogP contribution >= 0.6 is 0 Å². The predicted molar refractivity (Wildman–Crippen MR) is 62.4 cm³/mol. The average molecular weight is 238 g/mol. The van der Waals surface area contributed by atoms with Gasteiger partial charge in [0.2, 0.25) is 5.92 Å². The van der Waals surface area contributed by atoms with Gasteiger partial charge in [-0.1, -0.05) is 24.3 Å². The van der Waals surface area contributed by atoms with E-state index in [1.54, 1.807) is 6.07 Å². The summed E-state index contributed by atoms with van der Waals surface area (Å²) in [5.74, 6) is -2.77. The summed E-state index contributed by atoms with van der Waals surface area (Å²) in [5, 5.41) is 0. The second-order valence-corrected chi connectivity index (χ2v) is 4.81. The Morgan fingerprint density at radius 1 is 1.24 bits per heavy atom. The van der Waals surface area contributed by atoms with Gasteiger partial charge in [-0.3, -0.25) is 4.79 Å². The van der Waals surface area contributed by atoms with Crippen LogP contribution in [0.15, 0.2) is 24.3 Å². The Labute approximate surface area is 99.8 Å². The van der Waals surface area contributed by atoms with Crippen molar-refractivity contribution in [1.29, 1.82) is 0 Å². The van der Waals surface area contributed by atoms with Crippen LogP contribution < -0.4 is 0 Å². The molecule has 0 spiro atoms. The van der Waals surface area contributed by atoms with Crippen LogP contribution in [0.2, 0.25) is 0 Å². The highest BCUT2D eigenvalue weighted by molar-refractivity contribution is 5.99. The molecule has 17 heavy (non-hydrogen) atoms. The van der Waals surface area contributed by atoms with Gasteiger partial charge in [0.25, 0.3) is 0 Å². The molecule has 2 rings (SSSR count). The van der Waals surface area contributed by atoms with Gasteiger partial charge in [0.15, 0.2) is 5.78 Å². The number of Topliss-reactive ketones (excluding diaryl/α,β-unsaturated/α-hetero) is 1. The second-order valence-electron chi connectivity index (χ2n) is 4.81. The molecule has 0 saturated heterocycles. The summed E-state index contributed by atoms with van der Waals surface area (Å²) < 4.78 is 26.0. The first-order chi connectivity index (χ1) is 7.99. The van der Waals surface area contributed by atoms with Gasteiger partial charge in [0, 0.05) is 24.3 Å². The number of carbonyl (C=O) groups excluding carboxylic acids is 1. The van der Waals surface area contributed by atoms with Gasteiger partial charge in [-0.15, -0.1) is 0 Å². The molecule has 1 nitrogen and oxygen atoms in total. The van der Waals surface area contributed by atoms with Crippen molar-refractivity contribution in [2.45, 2.75) is 38.5 Å². The zero-order chi connectivity index (χ0) is 12.5. The molecule has 1 saturated carbocycles. The van der Waals surface area contributed by atoms with Crippen molar-refractivity contribution in [2.75, 3.05) is 0 Å². The highest BCUT2D eigenvalue weighted by Crippen LogP contribution is 2.37. The zero-order valence-corrected chi connectivity index (χ0v) is 9.88. The fourth-order valence-corrected chi connectivity index (χ4v) is 2.37. The maximum atomic E-state index is 13.0. The monoisotopic (exact) mass is 238 g/mol. The van der Waals surface area contributed by atoms with E-state index in [0.29, 0.717) is 18.4 Å². The van der Waals surface area contributed by atoms with Crippen molar-refractivity contribution in [2.24, 2.45) is 5.92 Å². The Balaban J connectivity index is 2.10. The molecule has 1 fully saturated rings. The van der Waals surface area contributed by atoms with Crippen LogP contribution in [0, 0.1) is 12.8 Å². The molecule has 1 aliphatic rings. The van der Waals surface area contributed by atoms with Gasteiger partial charge in [-0.05, 0) is 25.3 Å². The van der Waals surface area contributed by atoms with Gasteiger partial charge >= 0.3 is 0 Å². The highest BCUT2D eigenvalue weighted by Gasteiger charge is 2.37. The van der Waals surface area contributed by atoms with E-state index in [1.807, 2.05) is 25.1 Å². The molecule has 1 aromatic carbocycles. The average Bonchev–Trinajstić information content (AvgIpc) is 2.29. The fraction of sp³-hybridized carbons (Fsp3) is 0.500. The molecule has 0 heterocycles. The first kappa shape index (κ1) is 12.2. The molecule has 0 radical (unpaired) electrons. The summed E-state index contributed by atoms with van der Waals surface area (Å²) in [4.78, 5) is 12.2. The van der Waals surface area contributed by atoms with Gasteiger partial charge in [0.1, 0.15) is 0 Å². The minimum absolute atomic E-state index is 0.0265. The summed E-state index contributed by atoms with van der Waals surface area (Å²) in [6, 6.07) is 7.36. The van der Waals surface area contributed by atoms with E-state index in [1.165, 1.54) is 0 Å². The van der Waals surface area contributed by atoms with Crippen molar-refractivity contribution in [3.63, 3.8) is 0 Å². The number of halogens is 2. The number of benzene rings is 1. The molecule has 0 N–H and O–H groups in total. The molecule has 1 aromatic rings. The van der Waals surface area contributed by atoms with E-state index >= 15 is 0 Å². The Morgan fingerprint density at radius 3 is 2.41 bits per heavy atom. The SMILES string of the molecule is Cc1ccccc1C(=O)C1CCC(F)(F)CC1. The Hall–Kier alpha value is -1.25. The third-order valence-corrected chi connectivity index (χ3v) is 3.50. The number of aryl methyl sites for hydroxylation is 1. The summed E-state index contributed by atoms with van der Waals surface area (Å²) in [5.41, 5.74) is 1.61. The van der Waals surface area contributed by atoms with Crippen molar-refractivity contribution in [1.82, 2.24) is 0 Å². The summed E-state index contributed by atoms with van der Waals surface area (Å²) in [7, 11) is 0. The Kier molecular flexibility index (Phi) is 3.27. The van der Waals surface area contributed by atoms with E-state index in [4.69, 9.17) is 0 Å². The van der Waals surface area contributed by atoms with Crippen molar-refractivity contribution < 1.29 is 13.6 Å². The molecular formula is C14H16F2O. The fourth-order valence-electron chi connectivity index (χ4n) is 2.37. The van der Waals surface area contributed by atoms with Gasteiger partial charge in [-0.2, -0.15) is 0 Å². The Bertz CT molecular complexity index is 416. The minimum atomic E-state index is -2.57. The normalized spacial score (nSPS) is 20.2. The molecule has 0 aliphatic heterocycles. The van der Waals surface area contributed by atoms with Gasteiger partial charge in [0.05, 0.1) is 0 Å². The topological polar surface area (TPSA) is 17.1 Å². The van der Waals surface area contributed by atoms with Crippen LogP contribution in [-0.2, 0) is 0 Å².